The number of aromatic nitrogens is 3. The summed E-state index contributed by atoms with van der Waals surface area (Å²) in [6, 6.07) is 11.6. The number of anilines is 1. The Morgan fingerprint density at radius 2 is 1.83 bits per heavy atom. The molecule has 0 aliphatic rings. The summed E-state index contributed by atoms with van der Waals surface area (Å²) in [7, 11) is 1.76. The second-order valence-electron chi connectivity index (χ2n) is 6.11. The van der Waals surface area contributed by atoms with Gasteiger partial charge in [0.05, 0.1) is 22.9 Å². The van der Waals surface area contributed by atoms with Crippen LogP contribution in [0.25, 0.3) is 0 Å². The second kappa shape index (κ2) is 10.2. The Morgan fingerprint density at radius 1 is 1.07 bits per heavy atom. The molecule has 1 heterocycles. The molecule has 7 nitrogen and oxygen atoms in total. The number of nitrogens with zero attached hydrogens (tertiary/aromatic N) is 3. The fourth-order valence-corrected chi connectivity index (χ4v) is 3.86. The molecule has 0 fully saturated rings. The van der Waals surface area contributed by atoms with Gasteiger partial charge in [-0.1, -0.05) is 52.6 Å². The number of benzene rings is 2. The Balaban J connectivity index is 1.54. The average molecular weight is 485 g/mol. The highest BCUT2D eigenvalue weighted by Crippen LogP contribution is 2.21. The van der Waals surface area contributed by atoms with Crippen LogP contribution < -0.4 is 10.6 Å². The zero-order chi connectivity index (χ0) is 21.7. The highest BCUT2D eigenvalue weighted by molar-refractivity contribution is 7.99. The molecule has 0 bridgehead atoms. The highest BCUT2D eigenvalue weighted by atomic mass is 35.5. The lowest BCUT2D eigenvalue weighted by molar-refractivity contribution is -0.113. The van der Waals surface area contributed by atoms with E-state index in [1.54, 1.807) is 48.0 Å². The first kappa shape index (κ1) is 22.4. The smallest absolute Gasteiger partial charge is 0.253 e. The van der Waals surface area contributed by atoms with E-state index in [-0.39, 0.29) is 29.1 Å². The van der Waals surface area contributed by atoms with Crippen molar-refractivity contribution in [1.29, 1.82) is 0 Å². The first-order valence-electron chi connectivity index (χ1n) is 8.63. The van der Waals surface area contributed by atoms with Crippen molar-refractivity contribution >= 4 is 64.1 Å². The van der Waals surface area contributed by atoms with Crippen molar-refractivity contribution in [3.63, 3.8) is 0 Å². The number of nitrogens with one attached hydrogen (secondary N) is 2. The van der Waals surface area contributed by atoms with Gasteiger partial charge in [0.25, 0.3) is 5.91 Å². The van der Waals surface area contributed by atoms with Crippen molar-refractivity contribution < 1.29 is 9.59 Å². The number of carbonyl (C=O) groups excluding carboxylic acids is 2. The minimum absolute atomic E-state index is 0.144. The maximum atomic E-state index is 12.3. The number of amides is 2. The van der Waals surface area contributed by atoms with E-state index in [2.05, 4.69) is 20.8 Å². The SMILES string of the molecule is Cn1c(CNC(=O)c2ccc(Cl)cc2Cl)nnc1SCC(=O)Nc1cccc(Cl)c1. The van der Waals surface area contributed by atoms with Crippen LogP contribution in [-0.2, 0) is 18.4 Å². The summed E-state index contributed by atoms with van der Waals surface area (Å²) in [5.74, 6) is 0.129. The molecule has 0 radical (unpaired) electrons. The van der Waals surface area contributed by atoms with Crippen LogP contribution in [0, 0.1) is 0 Å². The van der Waals surface area contributed by atoms with Gasteiger partial charge in [0.15, 0.2) is 11.0 Å². The molecule has 0 spiro atoms. The number of hydrogen-bond donors (Lipinski definition) is 2. The van der Waals surface area contributed by atoms with Crippen molar-refractivity contribution in [3.05, 3.63) is 68.9 Å². The van der Waals surface area contributed by atoms with Crippen molar-refractivity contribution in [2.45, 2.75) is 11.7 Å². The molecule has 3 aromatic rings. The molecular weight excluding hydrogens is 469 g/mol. The molecule has 0 atom stereocenters. The van der Waals surface area contributed by atoms with Gasteiger partial charge in [-0.25, -0.2) is 0 Å². The molecular formula is C19H16Cl3N5O2S. The maximum Gasteiger partial charge on any atom is 0.253 e. The highest BCUT2D eigenvalue weighted by Gasteiger charge is 2.15. The van der Waals surface area contributed by atoms with Gasteiger partial charge in [-0.15, -0.1) is 10.2 Å². The van der Waals surface area contributed by atoms with Crippen molar-refractivity contribution in [2.24, 2.45) is 7.05 Å². The molecule has 0 unspecified atom stereocenters. The van der Waals surface area contributed by atoms with Crippen LogP contribution in [0.3, 0.4) is 0 Å². The normalized spacial score (nSPS) is 10.7. The van der Waals surface area contributed by atoms with Gasteiger partial charge in [0.1, 0.15) is 0 Å². The van der Waals surface area contributed by atoms with Gasteiger partial charge < -0.3 is 15.2 Å². The minimum atomic E-state index is -0.352. The van der Waals surface area contributed by atoms with Crippen molar-refractivity contribution in [1.82, 2.24) is 20.1 Å². The standard InChI is InChI=1S/C19H16Cl3N5O2S/c1-27-16(9-23-18(29)14-6-5-12(21)8-15(14)22)25-26-19(27)30-10-17(28)24-13-4-2-3-11(20)7-13/h2-8H,9-10H2,1H3,(H,23,29)(H,24,28). The summed E-state index contributed by atoms with van der Waals surface area (Å²) in [5, 5.41) is 15.4. The molecule has 2 amide bonds. The number of carbonyl (C=O) groups is 2. The summed E-state index contributed by atoms with van der Waals surface area (Å²) in [4.78, 5) is 24.4. The minimum Gasteiger partial charge on any atom is -0.345 e. The largest absolute Gasteiger partial charge is 0.345 e. The molecule has 0 saturated carbocycles. The summed E-state index contributed by atoms with van der Waals surface area (Å²) < 4.78 is 1.71. The zero-order valence-electron chi connectivity index (χ0n) is 15.7. The summed E-state index contributed by atoms with van der Waals surface area (Å²) in [6.07, 6.45) is 0. The summed E-state index contributed by atoms with van der Waals surface area (Å²) >= 11 is 19.0. The van der Waals surface area contributed by atoms with Crippen LogP contribution in [0.4, 0.5) is 5.69 Å². The molecule has 0 saturated heterocycles. The Labute approximate surface area is 192 Å². The van der Waals surface area contributed by atoms with Crippen LogP contribution in [0.15, 0.2) is 47.6 Å². The van der Waals surface area contributed by atoms with Gasteiger partial charge >= 0.3 is 0 Å². The number of halogens is 3. The Morgan fingerprint density at radius 3 is 2.57 bits per heavy atom. The topological polar surface area (TPSA) is 88.9 Å². The van der Waals surface area contributed by atoms with Crippen LogP contribution in [-0.4, -0.2) is 32.3 Å². The van der Waals surface area contributed by atoms with E-state index < -0.39 is 0 Å². The Hall–Kier alpha value is -2.26. The molecule has 0 aliphatic carbocycles. The first-order valence-corrected chi connectivity index (χ1v) is 10.7. The van der Waals surface area contributed by atoms with Crippen LogP contribution >= 0.6 is 46.6 Å². The lowest BCUT2D eigenvalue weighted by Crippen LogP contribution is -2.24. The lowest BCUT2D eigenvalue weighted by Gasteiger charge is -2.08. The third-order valence-electron chi connectivity index (χ3n) is 3.95. The van der Waals surface area contributed by atoms with E-state index in [0.29, 0.717) is 32.3 Å². The molecule has 3 rings (SSSR count). The van der Waals surface area contributed by atoms with Gasteiger partial charge in [-0.2, -0.15) is 0 Å². The molecule has 156 valence electrons. The molecule has 2 N–H and O–H groups in total. The van der Waals surface area contributed by atoms with E-state index >= 15 is 0 Å². The number of thioether (sulfide) groups is 1. The van der Waals surface area contributed by atoms with Crippen LogP contribution in [0.2, 0.25) is 15.1 Å². The third kappa shape index (κ3) is 5.89. The number of rotatable bonds is 7. The van der Waals surface area contributed by atoms with E-state index in [1.807, 2.05) is 0 Å². The van der Waals surface area contributed by atoms with Crippen molar-refractivity contribution in [3.8, 4) is 0 Å². The van der Waals surface area contributed by atoms with E-state index in [1.165, 1.54) is 17.8 Å². The van der Waals surface area contributed by atoms with Crippen LogP contribution in [0.5, 0.6) is 0 Å². The zero-order valence-corrected chi connectivity index (χ0v) is 18.7. The predicted molar refractivity (Wildman–Crippen MR) is 119 cm³/mol. The second-order valence-corrected chi connectivity index (χ2v) is 8.33. The van der Waals surface area contributed by atoms with Gasteiger partial charge in [0.2, 0.25) is 5.91 Å². The van der Waals surface area contributed by atoms with E-state index in [4.69, 9.17) is 34.8 Å². The molecule has 30 heavy (non-hydrogen) atoms. The summed E-state index contributed by atoms with van der Waals surface area (Å²) in [5.41, 5.74) is 0.936. The summed E-state index contributed by atoms with van der Waals surface area (Å²) in [6.45, 7) is 0.149. The third-order valence-corrected chi connectivity index (χ3v) is 5.75. The fourth-order valence-electron chi connectivity index (χ4n) is 2.45. The first-order chi connectivity index (χ1) is 14.3. The maximum absolute atomic E-state index is 12.3. The average Bonchev–Trinajstić information content (AvgIpc) is 3.04. The monoisotopic (exact) mass is 483 g/mol. The quantitative estimate of drug-likeness (QED) is 0.484. The Kier molecular flexibility index (Phi) is 7.60. The Bertz CT molecular complexity index is 1090. The fraction of sp³-hybridized carbons (Fsp3) is 0.158. The van der Waals surface area contributed by atoms with E-state index in [0.717, 1.165) is 0 Å². The lowest BCUT2D eigenvalue weighted by atomic mass is 10.2. The molecule has 11 heteroatoms. The van der Waals surface area contributed by atoms with Crippen molar-refractivity contribution in [2.75, 3.05) is 11.1 Å². The molecule has 0 aliphatic heterocycles. The van der Waals surface area contributed by atoms with Gasteiger partial charge in [0, 0.05) is 22.8 Å². The van der Waals surface area contributed by atoms with Crippen LogP contribution in [0.1, 0.15) is 16.2 Å². The number of hydrogen-bond acceptors (Lipinski definition) is 5. The predicted octanol–water partition coefficient (Wildman–Crippen LogP) is 4.44. The van der Waals surface area contributed by atoms with Gasteiger partial charge in [-0.05, 0) is 36.4 Å². The molecule has 1 aromatic heterocycles. The molecule has 2 aromatic carbocycles. The van der Waals surface area contributed by atoms with E-state index in [9.17, 15) is 9.59 Å². The van der Waals surface area contributed by atoms with Gasteiger partial charge in [-0.3, -0.25) is 9.59 Å².